The van der Waals surface area contributed by atoms with E-state index in [1.807, 2.05) is 29.7 Å². The normalized spacial score (nSPS) is 10.7. The van der Waals surface area contributed by atoms with Gasteiger partial charge in [0.05, 0.1) is 23.9 Å². The first-order valence-electron chi connectivity index (χ1n) is 6.29. The molecule has 0 aliphatic carbocycles. The first kappa shape index (κ1) is 12.4. The minimum absolute atomic E-state index is 0.261. The number of hydrogen-bond acceptors (Lipinski definition) is 2. The van der Waals surface area contributed by atoms with Crippen LogP contribution in [-0.4, -0.2) is 9.38 Å². The summed E-state index contributed by atoms with van der Waals surface area (Å²) in [7, 11) is 0. The Labute approximate surface area is 115 Å². The summed E-state index contributed by atoms with van der Waals surface area (Å²) in [5, 5.41) is 9.03. The van der Waals surface area contributed by atoms with Crippen LogP contribution in [0.15, 0.2) is 42.6 Å². The van der Waals surface area contributed by atoms with Crippen LogP contribution in [0.4, 0.5) is 4.39 Å². The lowest BCUT2D eigenvalue weighted by atomic mass is 10.1. The number of fused-ring (bicyclic) bond motifs is 1. The predicted octanol–water partition coefficient (Wildman–Crippen LogP) is 3.51. The third-order valence-corrected chi connectivity index (χ3v) is 3.23. The quantitative estimate of drug-likeness (QED) is 0.711. The number of aryl methyl sites for hydroxylation is 1. The molecular formula is C16H12FN3. The fraction of sp³-hybridized carbons (Fsp3) is 0.125. The number of aromatic nitrogens is 2. The van der Waals surface area contributed by atoms with Gasteiger partial charge in [0.2, 0.25) is 0 Å². The smallest absolute Gasteiger partial charge is 0.137 e. The van der Waals surface area contributed by atoms with Crippen LogP contribution in [0.3, 0.4) is 0 Å². The van der Waals surface area contributed by atoms with Gasteiger partial charge >= 0.3 is 0 Å². The van der Waals surface area contributed by atoms with Crippen LogP contribution in [0, 0.1) is 24.1 Å². The Morgan fingerprint density at radius 3 is 2.65 bits per heavy atom. The van der Waals surface area contributed by atoms with E-state index in [1.165, 1.54) is 12.1 Å². The maximum Gasteiger partial charge on any atom is 0.137 e. The van der Waals surface area contributed by atoms with Crippen LogP contribution in [0.25, 0.3) is 16.9 Å². The van der Waals surface area contributed by atoms with Crippen LogP contribution < -0.4 is 0 Å². The molecule has 0 radical (unpaired) electrons. The molecule has 0 fully saturated rings. The third-order valence-electron chi connectivity index (χ3n) is 3.23. The Morgan fingerprint density at radius 1 is 1.20 bits per heavy atom. The number of halogens is 1. The Hall–Kier alpha value is -2.67. The molecule has 4 heteroatoms. The zero-order chi connectivity index (χ0) is 14.1. The molecule has 0 bridgehead atoms. The van der Waals surface area contributed by atoms with Crippen LogP contribution in [0.2, 0.25) is 0 Å². The molecule has 1 aromatic carbocycles. The van der Waals surface area contributed by atoms with E-state index in [1.54, 1.807) is 12.1 Å². The highest BCUT2D eigenvalue weighted by Gasteiger charge is 2.13. The van der Waals surface area contributed by atoms with Crippen molar-refractivity contribution in [1.82, 2.24) is 9.38 Å². The number of benzene rings is 1. The van der Waals surface area contributed by atoms with Crippen molar-refractivity contribution in [3.05, 3.63) is 59.7 Å². The van der Waals surface area contributed by atoms with Crippen LogP contribution in [-0.2, 0) is 6.42 Å². The minimum Gasteiger partial charge on any atom is -0.302 e. The highest BCUT2D eigenvalue weighted by Crippen LogP contribution is 2.25. The molecule has 98 valence electrons. The van der Waals surface area contributed by atoms with Crippen molar-refractivity contribution in [2.24, 2.45) is 0 Å². The van der Waals surface area contributed by atoms with Gasteiger partial charge in [-0.15, -0.1) is 0 Å². The standard InChI is InChI=1S/C16H12FN3/c1-11-2-7-15-19-16(12-3-5-13(17)6-4-12)14(8-9-18)20(15)10-11/h2-7,10H,8H2,1H3. The summed E-state index contributed by atoms with van der Waals surface area (Å²) in [6.45, 7) is 1.99. The van der Waals surface area contributed by atoms with E-state index < -0.39 is 0 Å². The molecule has 0 atom stereocenters. The summed E-state index contributed by atoms with van der Waals surface area (Å²) in [6, 6.07) is 12.2. The molecule has 3 aromatic rings. The second kappa shape index (κ2) is 4.78. The van der Waals surface area contributed by atoms with Gasteiger partial charge in [-0.3, -0.25) is 0 Å². The number of imidazole rings is 1. The van der Waals surface area contributed by atoms with Gasteiger partial charge in [0, 0.05) is 11.8 Å². The van der Waals surface area contributed by atoms with E-state index in [2.05, 4.69) is 11.1 Å². The zero-order valence-electron chi connectivity index (χ0n) is 11.0. The molecule has 0 spiro atoms. The molecule has 2 aromatic heterocycles. The highest BCUT2D eigenvalue weighted by molar-refractivity contribution is 5.67. The molecule has 0 amide bonds. The predicted molar refractivity (Wildman–Crippen MR) is 74.6 cm³/mol. The summed E-state index contributed by atoms with van der Waals surface area (Å²) < 4.78 is 15.0. The van der Waals surface area contributed by atoms with Gasteiger partial charge in [-0.25, -0.2) is 9.37 Å². The summed E-state index contributed by atoms with van der Waals surface area (Å²) in [6.07, 6.45) is 2.22. The molecular weight excluding hydrogens is 253 g/mol. The second-order valence-electron chi connectivity index (χ2n) is 4.68. The van der Waals surface area contributed by atoms with Crippen molar-refractivity contribution in [3.8, 4) is 17.3 Å². The van der Waals surface area contributed by atoms with Gasteiger partial charge < -0.3 is 4.40 Å². The largest absolute Gasteiger partial charge is 0.302 e. The van der Waals surface area contributed by atoms with E-state index in [-0.39, 0.29) is 12.2 Å². The monoisotopic (exact) mass is 265 g/mol. The van der Waals surface area contributed by atoms with Gasteiger partial charge in [0.25, 0.3) is 0 Å². The van der Waals surface area contributed by atoms with Crippen molar-refractivity contribution in [2.45, 2.75) is 13.3 Å². The number of nitrogens with zero attached hydrogens (tertiary/aromatic N) is 3. The second-order valence-corrected chi connectivity index (χ2v) is 4.68. The minimum atomic E-state index is -0.282. The molecule has 0 aliphatic heterocycles. The lowest BCUT2D eigenvalue weighted by Crippen LogP contribution is -1.94. The van der Waals surface area contributed by atoms with Crippen LogP contribution in [0.1, 0.15) is 11.3 Å². The van der Waals surface area contributed by atoms with Crippen LogP contribution in [0.5, 0.6) is 0 Å². The Balaban J connectivity index is 2.26. The molecule has 0 N–H and O–H groups in total. The van der Waals surface area contributed by atoms with E-state index in [4.69, 9.17) is 5.26 Å². The maximum atomic E-state index is 13.0. The van der Waals surface area contributed by atoms with Gasteiger partial charge in [-0.05, 0) is 42.8 Å². The van der Waals surface area contributed by atoms with Crippen molar-refractivity contribution >= 4 is 5.65 Å². The van der Waals surface area contributed by atoms with E-state index in [9.17, 15) is 4.39 Å². The average molecular weight is 265 g/mol. The maximum absolute atomic E-state index is 13.0. The van der Waals surface area contributed by atoms with Gasteiger partial charge in [0.1, 0.15) is 11.5 Å². The first-order chi connectivity index (χ1) is 9.69. The number of pyridine rings is 1. The zero-order valence-corrected chi connectivity index (χ0v) is 11.0. The molecule has 0 saturated heterocycles. The average Bonchev–Trinajstić information content (AvgIpc) is 2.79. The third kappa shape index (κ3) is 2.04. The molecule has 0 aliphatic rings. The van der Waals surface area contributed by atoms with Crippen molar-refractivity contribution < 1.29 is 4.39 Å². The molecule has 2 heterocycles. The summed E-state index contributed by atoms with van der Waals surface area (Å²) in [4.78, 5) is 4.56. The SMILES string of the molecule is Cc1ccc2nc(-c3ccc(F)cc3)c(CC#N)n2c1. The van der Waals surface area contributed by atoms with Gasteiger partial charge in [-0.1, -0.05) is 6.07 Å². The Morgan fingerprint density at radius 2 is 1.95 bits per heavy atom. The molecule has 0 saturated carbocycles. The molecule has 3 rings (SSSR count). The van der Waals surface area contributed by atoms with Gasteiger partial charge in [-0.2, -0.15) is 5.26 Å². The van der Waals surface area contributed by atoms with Crippen molar-refractivity contribution in [1.29, 1.82) is 5.26 Å². The lowest BCUT2D eigenvalue weighted by molar-refractivity contribution is 0.628. The van der Waals surface area contributed by atoms with Gasteiger partial charge in [0.15, 0.2) is 0 Å². The summed E-state index contributed by atoms with van der Waals surface area (Å²) in [5.41, 5.74) is 4.27. The molecule has 20 heavy (non-hydrogen) atoms. The molecule has 3 nitrogen and oxygen atoms in total. The lowest BCUT2D eigenvalue weighted by Gasteiger charge is -2.02. The van der Waals surface area contributed by atoms with Crippen LogP contribution >= 0.6 is 0 Å². The number of hydrogen-bond donors (Lipinski definition) is 0. The van der Waals surface area contributed by atoms with Crippen molar-refractivity contribution in [3.63, 3.8) is 0 Å². The fourth-order valence-electron chi connectivity index (χ4n) is 2.28. The van der Waals surface area contributed by atoms with E-state index in [0.29, 0.717) is 0 Å². The number of rotatable bonds is 2. The van der Waals surface area contributed by atoms with E-state index >= 15 is 0 Å². The van der Waals surface area contributed by atoms with Crippen molar-refractivity contribution in [2.75, 3.05) is 0 Å². The molecule has 0 unspecified atom stereocenters. The topological polar surface area (TPSA) is 41.1 Å². The number of nitriles is 1. The fourth-order valence-corrected chi connectivity index (χ4v) is 2.28. The Kier molecular flexibility index (Phi) is 2.96. The first-order valence-corrected chi connectivity index (χ1v) is 6.29. The van der Waals surface area contributed by atoms with E-state index in [0.717, 1.165) is 28.2 Å². The Bertz CT molecular complexity index is 810. The summed E-state index contributed by atoms with van der Waals surface area (Å²) >= 11 is 0. The summed E-state index contributed by atoms with van der Waals surface area (Å²) in [5.74, 6) is -0.282. The highest BCUT2D eigenvalue weighted by atomic mass is 19.1.